The monoisotopic (exact) mass is 533 g/mol. The van der Waals surface area contributed by atoms with Crippen molar-refractivity contribution in [1.29, 1.82) is 5.26 Å². The molecule has 0 aliphatic carbocycles. The third-order valence-electron chi connectivity index (χ3n) is 5.91. The first-order valence-electron chi connectivity index (χ1n) is 11.6. The van der Waals surface area contributed by atoms with Gasteiger partial charge >= 0.3 is 12.1 Å². The number of alkyl carbamates (subject to hydrolysis) is 1. The maximum Gasteiger partial charge on any atom is 0.408 e. The standard InChI is InChI=1S/C26H23N5O8/c1-36-21-10-17(20(31(34)35)11-22(21)37-2)14-39-26(33)30-19(25(32)38-8-7-27)9-16-13-29-24-18-6-4-3-5-15(18)12-28-23(16)24/h3-6,10-13,19,29H,8-9,14H2,1-2H3,(H,30,33)/t19-/m0/s1. The lowest BCUT2D eigenvalue weighted by Crippen LogP contribution is -2.43. The number of fused-ring (bicyclic) bond motifs is 3. The number of H-pyrrole nitrogens is 1. The van der Waals surface area contributed by atoms with Crippen molar-refractivity contribution in [2.45, 2.75) is 19.1 Å². The summed E-state index contributed by atoms with van der Waals surface area (Å²) in [6.07, 6.45) is 2.32. The molecule has 0 fully saturated rings. The molecule has 0 unspecified atom stereocenters. The number of methoxy groups -OCH3 is 2. The highest BCUT2D eigenvalue weighted by Gasteiger charge is 2.26. The molecule has 4 rings (SSSR count). The van der Waals surface area contributed by atoms with Gasteiger partial charge in [-0.3, -0.25) is 15.1 Å². The SMILES string of the molecule is COc1cc(COC(=O)N[C@@H](Cc2c[nH]c3c2ncc2ccccc23)C(=O)OCC#N)c([N+](=O)[O-])cc1OC. The molecule has 4 aromatic rings. The highest BCUT2D eigenvalue weighted by molar-refractivity contribution is 6.04. The van der Waals surface area contributed by atoms with Crippen LogP contribution in [0.3, 0.4) is 0 Å². The average molecular weight is 533 g/mol. The first-order chi connectivity index (χ1) is 18.9. The summed E-state index contributed by atoms with van der Waals surface area (Å²) in [7, 11) is 2.70. The van der Waals surface area contributed by atoms with E-state index in [2.05, 4.69) is 15.3 Å². The topological polar surface area (TPSA) is 179 Å². The lowest BCUT2D eigenvalue weighted by molar-refractivity contribution is -0.385. The Balaban J connectivity index is 1.54. The largest absolute Gasteiger partial charge is 0.493 e. The van der Waals surface area contributed by atoms with Crippen LogP contribution in [0.1, 0.15) is 11.1 Å². The van der Waals surface area contributed by atoms with Crippen molar-refractivity contribution >= 4 is 39.6 Å². The molecule has 1 atom stereocenters. The first kappa shape index (κ1) is 26.7. The molecule has 200 valence electrons. The molecule has 13 heteroatoms. The average Bonchev–Trinajstić information content (AvgIpc) is 3.36. The van der Waals surface area contributed by atoms with Gasteiger partial charge in [-0.25, -0.2) is 9.59 Å². The Bertz CT molecular complexity index is 1590. The van der Waals surface area contributed by atoms with E-state index < -0.39 is 36.2 Å². The minimum Gasteiger partial charge on any atom is -0.493 e. The predicted octanol–water partition coefficient (Wildman–Crippen LogP) is 3.55. The Kier molecular flexibility index (Phi) is 8.06. The molecular formula is C26H23N5O8. The molecule has 0 spiro atoms. The molecule has 2 N–H and O–H groups in total. The summed E-state index contributed by atoms with van der Waals surface area (Å²) in [5, 5.41) is 24.6. The number of hydrogen-bond donors (Lipinski definition) is 2. The number of carbonyl (C=O) groups is 2. The number of carbonyl (C=O) groups excluding carboxylic acids is 2. The van der Waals surface area contributed by atoms with E-state index >= 15 is 0 Å². The maximum atomic E-state index is 12.7. The van der Waals surface area contributed by atoms with E-state index in [1.165, 1.54) is 20.3 Å². The zero-order valence-electron chi connectivity index (χ0n) is 20.9. The van der Waals surface area contributed by atoms with Gasteiger partial charge < -0.3 is 29.2 Å². The summed E-state index contributed by atoms with van der Waals surface area (Å²) in [5.74, 6) is -0.516. The normalized spacial score (nSPS) is 11.4. The zero-order chi connectivity index (χ0) is 27.9. The number of nitriles is 1. The highest BCUT2D eigenvalue weighted by Crippen LogP contribution is 2.35. The second-order valence-corrected chi connectivity index (χ2v) is 8.22. The Morgan fingerprint density at radius 3 is 2.62 bits per heavy atom. The van der Waals surface area contributed by atoms with Crippen LogP contribution in [0.25, 0.3) is 21.8 Å². The number of hydrogen-bond acceptors (Lipinski definition) is 10. The molecule has 0 aliphatic heterocycles. The van der Waals surface area contributed by atoms with Crippen LogP contribution in [0.15, 0.2) is 48.8 Å². The van der Waals surface area contributed by atoms with Crippen LogP contribution in [-0.4, -0.2) is 53.8 Å². The first-order valence-corrected chi connectivity index (χ1v) is 11.6. The van der Waals surface area contributed by atoms with E-state index in [4.69, 9.17) is 24.2 Å². The summed E-state index contributed by atoms with van der Waals surface area (Å²) in [6.45, 7) is -1.01. The molecule has 0 radical (unpaired) electrons. The van der Waals surface area contributed by atoms with Gasteiger partial charge in [0.15, 0.2) is 18.1 Å². The fraction of sp³-hybridized carbons (Fsp3) is 0.231. The molecule has 2 aromatic carbocycles. The molecule has 0 aliphatic rings. The number of ether oxygens (including phenoxy) is 4. The van der Waals surface area contributed by atoms with Crippen molar-refractivity contribution in [1.82, 2.24) is 15.3 Å². The molecule has 2 aromatic heterocycles. The number of esters is 1. The fourth-order valence-corrected chi connectivity index (χ4v) is 4.08. The number of benzene rings is 2. The van der Waals surface area contributed by atoms with Crippen LogP contribution in [0.4, 0.5) is 10.5 Å². The zero-order valence-corrected chi connectivity index (χ0v) is 20.9. The van der Waals surface area contributed by atoms with Crippen molar-refractivity contribution in [3.05, 3.63) is 70.0 Å². The molecule has 0 saturated heterocycles. The number of nitro benzene ring substituents is 1. The number of nitrogens with zero attached hydrogens (tertiary/aromatic N) is 3. The third kappa shape index (κ3) is 5.80. The van der Waals surface area contributed by atoms with Gasteiger partial charge in [0, 0.05) is 29.6 Å². The van der Waals surface area contributed by atoms with Crippen molar-refractivity contribution < 1.29 is 33.5 Å². The summed E-state index contributed by atoms with van der Waals surface area (Å²) >= 11 is 0. The fourth-order valence-electron chi connectivity index (χ4n) is 4.08. The van der Waals surface area contributed by atoms with Crippen molar-refractivity contribution in [3.63, 3.8) is 0 Å². The van der Waals surface area contributed by atoms with E-state index in [-0.39, 0.29) is 29.2 Å². The van der Waals surface area contributed by atoms with Gasteiger partial charge in [0.2, 0.25) is 0 Å². The molecule has 0 bridgehead atoms. The number of aromatic amines is 1. The number of amides is 1. The number of pyridine rings is 1. The number of nitrogens with one attached hydrogen (secondary N) is 2. The number of rotatable bonds is 10. The van der Waals surface area contributed by atoms with E-state index in [0.717, 1.165) is 22.4 Å². The van der Waals surface area contributed by atoms with Crippen LogP contribution in [-0.2, 0) is 27.3 Å². The summed E-state index contributed by atoms with van der Waals surface area (Å²) in [5.41, 5.74) is 1.68. The molecular weight excluding hydrogens is 510 g/mol. The van der Waals surface area contributed by atoms with Crippen LogP contribution in [0.5, 0.6) is 11.5 Å². The van der Waals surface area contributed by atoms with Gasteiger partial charge in [0.25, 0.3) is 5.69 Å². The third-order valence-corrected chi connectivity index (χ3v) is 5.91. The minimum atomic E-state index is -1.24. The number of aromatic nitrogens is 2. The van der Waals surface area contributed by atoms with Gasteiger partial charge in [-0.05, 0) is 11.6 Å². The second kappa shape index (κ2) is 11.8. The Labute approximate surface area is 221 Å². The Morgan fingerprint density at radius 1 is 1.15 bits per heavy atom. The second-order valence-electron chi connectivity index (χ2n) is 8.22. The smallest absolute Gasteiger partial charge is 0.408 e. The summed E-state index contributed by atoms with van der Waals surface area (Å²) < 4.78 is 20.4. The van der Waals surface area contributed by atoms with Gasteiger partial charge in [0.05, 0.1) is 41.8 Å². The predicted molar refractivity (Wildman–Crippen MR) is 137 cm³/mol. The van der Waals surface area contributed by atoms with Crippen LogP contribution < -0.4 is 14.8 Å². The van der Waals surface area contributed by atoms with E-state index in [1.807, 2.05) is 24.3 Å². The van der Waals surface area contributed by atoms with E-state index in [1.54, 1.807) is 18.5 Å². The minimum absolute atomic E-state index is 0.0266. The molecule has 2 heterocycles. The Morgan fingerprint density at radius 2 is 1.90 bits per heavy atom. The van der Waals surface area contributed by atoms with E-state index in [0.29, 0.717) is 11.1 Å². The van der Waals surface area contributed by atoms with Crippen LogP contribution >= 0.6 is 0 Å². The maximum absolute atomic E-state index is 12.7. The van der Waals surface area contributed by atoms with Gasteiger partial charge in [-0.1, -0.05) is 24.3 Å². The molecule has 13 nitrogen and oxygen atoms in total. The van der Waals surface area contributed by atoms with Crippen molar-refractivity contribution in [2.24, 2.45) is 0 Å². The lowest BCUT2D eigenvalue weighted by atomic mass is 10.1. The van der Waals surface area contributed by atoms with Crippen molar-refractivity contribution in [3.8, 4) is 17.6 Å². The van der Waals surface area contributed by atoms with Crippen LogP contribution in [0.2, 0.25) is 0 Å². The number of nitro groups is 1. The molecule has 0 saturated carbocycles. The lowest BCUT2D eigenvalue weighted by Gasteiger charge is -2.17. The molecule has 1 amide bonds. The molecule has 39 heavy (non-hydrogen) atoms. The summed E-state index contributed by atoms with van der Waals surface area (Å²) in [4.78, 5) is 43.9. The summed E-state index contributed by atoms with van der Waals surface area (Å²) in [6, 6.07) is 10.6. The van der Waals surface area contributed by atoms with Crippen LogP contribution in [0, 0.1) is 21.4 Å². The van der Waals surface area contributed by atoms with Gasteiger partial charge in [-0.15, -0.1) is 0 Å². The van der Waals surface area contributed by atoms with Gasteiger partial charge in [0.1, 0.15) is 18.7 Å². The highest BCUT2D eigenvalue weighted by atomic mass is 16.6. The van der Waals surface area contributed by atoms with E-state index in [9.17, 15) is 19.7 Å². The van der Waals surface area contributed by atoms with Crippen molar-refractivity contribution in [2.75, 3.05) is 20.8 Å². The quantitative estimate of drug-likeness (QED) is 0.174. The van der Waals surface area contributed by atoms with Gasteiger partial charge in [-0.2, -0.15) is 5.26 Å². The Hall–Kier alpha value is -5.38.